The smallest absolute Gasteiger partial charge is 0.343 e. The summed E-state index contributed by atoms with van der Waals surface area (Å²) >= 11 is 0. The van der Waals surface area contributed by atoms with Crippen molar-refractivity contribution in [3.63, 3.8) is 0 Å². The number of benzene rings is 2. The summed E-state index contributed by atoms with van der Waals surface area (Å²) in [5.74, 6) is -0.435. The molecule has 0 aliphatic heterocycles. The molecule has 0 amide bonds. The lowest BCUT2D eigenvalue weighted by Crippen LogP contribution is -2.39. The molecule has 138 valence electrons. The molecule has 6 nitrogen and oxygen atoms in total. The van der Waals surface area contributed by atoms with Crippen molar-refractivity contribution < 1.29 is 24.2 Å². The van der Waals surface area contributed by atoms with Gasteiger partial charge in [-0.05, 0) is 63.2 Å². The number of Topliss-reactive ketones (excluding diaryl/α,β-unsaturated/α-hetero) is 1. The standard InChI is InChI=1S/C20H23NO5/c1-20(2,3)21-12-17(23)14-7-10-18(16(22)11-14)26-19(24)13-5-8-15(25-4)9-6-13/h5-11,21-22H,12H2,1-4H3. The van der Waals surface area contributed by atoms with E-state index in [0.717, 1.165) is 0 Å². The summed E-state index contributed by atoms with van der Waals surface area (Å²) < 4.78 is 10.2. The second kappa shape index (κ2) is 8.01. The molecule has 2 rings (SSSR count). The van der Waals surface area contributed by atoms with Gasteiger partial charge < -0.3 is 19.9 Å². The average molecular weight is 357 g/mol. The van der Waals surface area contributed by atoms with Gasteiger partial charge in [-0.2, -0.15) is 0 Å². The van der Waals surface area contributed by atoms with Gasteiger partial charge in [-0.15, -0.1) is 0 Å². The zero-order chi connectivity index (χ0) is 19.3. The lowest BCUT2D eigenvalue weighted by atomic mass is 10.1. The van der Waals surface area contributed by atoms with Crippen LogP contribution in [0.1, 0.15) is 41.5 Å². The third-order valence-electron chi connectivity index (χ3n) is 3.59. The van der Waals surface area contributed by atoms with E-state index in [9.17, 15) is 14.7 Å². The van der Waals surface area contributed by atoms with Crippen molar-refractivity contribution in [2.24, 2.45) is 0 Å². The summed E-state index contributed by atoms with van der Waals surface area (Å²) in [5.41, 5.74) is 0.467. The van der Waals surface area contributed by atoms with Gasteiger partial charge >= 0.3 is 5.97 Å². The first-order chi connectivity index (χ1) is 12.2. The molecule has 2 aromatic rings. The van der Waals surface area contributed by atoms with Gasteiger partial charge in [0.15, 0.2) is 17.3 Å². The number of methoxy groups -OCH3 is 1. The second-order valence-corrected chi connectivity index (χ2v) is 6.83. The molecule has 0 radical (unpaired) electrons. The van der Waals surface area contributed by atoms with E-state index >= 15 is 0 Å². The second-order valence-electron chi connectivity index (χ2n) is 6.83. The maximum atomic E-state index is 12.2. The van der Waals surface area contributed by atoms with E-state index < -0.39 is 5.97 Å². The third-order valence-corrected chi connectivity index (χ3v) is 3.59. The van der Waals surface area contributed by atoms with Gasteiger partial charge in [0.1, 0.15) is 5.75 Å². The molecule has 2 aromatic carbocycles. The van der Waals surface area contributed by atoms with E-state index in [-0.39, 0.29) is 29.4 Å². The van der Waals surface area contributed by atoms with E-state index in [1.54, 1.807) is 24.3 Å². The molecule has 26 heavy (non-hydrogen) atoms. The quantitative estimate of drug-likeness (QED) is 0.469. The highest BCUT2D eigenvalue weighted by Gasteiger charge is 2.16. The molecule has 6 heteroatoms. The molecule has 0 bridgehead atoms. The first kappa shape index (κ1) is 19.5. The van der Waals surface area contributed by atoms with E-state index in [1.807, 2.05) is 20.8 Å². The molecular weight excluding hydrogens is 334 g/mol. The van der Waals surface area contributed by atoms with Crippen LogP contribution in [0.2, 0.25) is 0 Å². The van der Waals surface area contributed by atoms with Gasteiger partial charge in [0.2, 0.25) is 0 Å². The number of hydrogen-bond donors (Lipinski definition) is 2. The Balaban J connectivity index is 2.06. The molecular formula is C20H23NO5. The fourth-order valence-electron chi connectivity index (χ4n) is 2.11. The molecule has 0 saturated heterocycles. The molecule has 0 aliphatic carbocycles. The van der Waals surface area contributed by atoms with Crippen LogP contribution in [0.4, 0.5) is 0 Å². The summed E-state index contributed by atoms with van der Waals surface area (Å²) in [6, 6.07) is 10.6. The molecule has 0 aromatic heterocycles. The van der Waals surface area contributed by atoms with Crippen molar-refractivity contribution in [1.82, 2.24) is 5.32 Å². The van der Waals surface area contributed by atoms with Crippen LogP contribution < -0.4 is 14.8 Å². The Morgan fingerprint density at radius 3 is 2.19 bits per heavy atom. The van der Waals surface area contributed by atoms with Crippen LogP contribution in [0.3, 0.4) is 0 Å². The predicted octanol–water partition coefficient (Wildman–Crippen LogP) is 3.19. The van der Waals surface area contributed by atoms with Gasteiger partial charge in [-0.25, -0.2) is 4.79 Å². The minimum absolute atomic E-state index is 0.00820. The Bertz CT molecular complexity index is 791. The number of aromatic hydroxyl groups is 1. The Labute approximate surface area is 152 Å². The largest absolute Gasteiger partial charge is 0.504 e. The van der Waals surface area contributed by atoms with Crippen LogP contribution in [-0.2, 0) is 0 Å². The number of hydrogen-bond acceptors (Lipinski definition) is 6. The van der Waals surface area contributed by atoms with Crippen LogP contribution in [0.25, 0.3) is 0 Å². The Morgan fingerprint density at radius 1 is 1.04 bits per heavy atom. The summed E-state index contributed by atoms with van der Waals surface area (Å²) in [4.78, 5) is 24.3. The van der Waals surface area contributed by atoms with Crippen LogP contribution in [0.15, 0.2) is 42.5 Å². The van der Waals surface area contributed by atoms with Crippen LogP contribution >= 0.6 is 0 Å². The molecule has 0 heterocycles. The van der Waals surface area contributed by atoms with Crippen molar-refractivity contribution in [1.29, 1.82) is 0 Å². The molecule has 2 N–H and O–H groups in total. The molecule has 0 unspecified atom stereocenters. The normalized spacial score (nSPS) is 11.1. The molecule has 0 spiro atoms. The number of esters is 1. The number of rotatable bonds is 6. The fourth-order valence-corrected chi connectivity index (χ4v) is 2.11. The summed E-state index contributed by atoms with van der Waals surface area (Å²) in [7, 11) is 1.53. The third kappa shape index (κ3) is 5.32. The number of nitrogens with one attached hydrogen (secondary N) is 1. The van der Waals surface area contributed by atoms with Crippen molar-refractivity contribution in [2.45, 2.75) is 26.3 Å². The fraction of sp³-hybridized carbons (Fsp3) is 0.300. The first-order valence-electron chi connectivity index (χ1n) is 8.17. The zero-order valence-electron chi connectivity index (χ0n) is 15.3. The van der Waals surface area contributed by atoms with Gasteiger partial charge in [-0.1, -0.05) is 0 Å². The monoisotopic (exact) mass is 357 g/mol. The highest BCUT2D eigenvalue weighted by Crippen LogP contribution is 2.28. The SMILES string of the molecule is COc1ccc(C(=O)Oc2ccc(C(=O)CNC(C)(C)C)cc2O)cc1. The van der Waals surface area contributed by atoms with E-state index in [4.69, 9.17) is 9.47 Å². The molecule has 0 saturated carbocycles. The minimum atomic E-state index is -0.614. The Kier molecular flexibility index (Phi) is 6.00. The predicted molar refractivity (Wildman–Crippen MR) is 98.1 cm³/mol. The molecule has 0 atom stereocenters. The van der Waals surface area contributed by atoms with Crippen LogP contribution in [-0.4, -0.2) is 36.1 Å². The van der Waals surface area contributed by atoms with Gasteiger partial charge in [-0.3, -0.25) is 4.79 Å². The maximum absolute atomic E-state index is 12.2. The maximum Gasteiger partial charge on any atom is 0.343 e. The number of phenolic OH excluding ortho intramolecular Hbond substituents is 1. The van der Waals surface area contributed by atoms with E-state index in [0.29, 0.717) is 16.9 Å². The van der Waals surface area contributed by atoms with Gasteiger partial charge in [0, 0.05) is 11.1 Å². The lowest BCUT2D eigenvalue weighted by molar-refractivity contribution is 0.0729. The first-order valence-corrected chi connectivity index (χ1v) is 8.17. The Morgan fingerprint density at radius 2 is 1.65 bits per heavy atom. The minimum Gasteiger partial charge on any atom is -0.504 e. The van der Waals surface area contributed by atoms with Crippen molar-refractivity contribution in [3.05, 3.63) is 53.6 Å². The molecule has 0 aliphatic rings. The summed E-state index contributed by atoms with van der Waals surface area (Å²) in [6.07, 6.45) is 0. The zero-order valence-corrected chi connectivity index (χ0v) is 15.3. The van der Waals surface area contributed by atoms with Crippen molar-refractivity contribution in [2.75, 3.05) is 13.7 Å². The molecule has 0 fully saturated rings. The number of phenols is 1. The van der Waals surface area contributed by atoms with Crippen LogP contribution in [0.5, 0.6) is 17.2 Å². The van der Waals surface area contributed by atoms with Crippen molar-refractivity contribution in [3.8, 4) is 17.2 Å². The van der Waals surface area contributed by atoms with Crippen LogP contribution in [0, 0.1) is 0 Å². The highest BCUT2D eigenvalue weighted by atomic mass is 16.5. The highest BCUT2D eigenvalue weighted by molar-refractivity contribution is 5.98. The number of carbonyl (C=O) groups is 2. The van der Waals surface area contributed by atoms with Gasteiger partial charge in [0.05, 0.1) is 19.2 Å². The summed E-state index contributed by atoms with van der Waals surface area (Å²) in [6.45, 7) is 6.02. The number of carbonyl (C=O) groups excluding carboxylic acids is 2. The van der Waals surface area contributed by atoms with E-state index in [1.165, 1.54) is 25.3 Å². The van der Waals surface area contributed by atoms with Crippen molar-refractivity contribution >= 4 is 11.8 Å². The average Bonchev–Trinajstić information content (AvgIpc) is 2.60. The Hall–Kier alpha value is -2.86. The van der Waals surface area contributed by atoms with E-state index in [2.05, 4.69) is 5.32 Å². The number of ether oxygens (including phenoxy) is 2. The van der Waals surface area contributed by atoms with Gasteiger partial charge in [0.25, 0.3) is 0 Å². The number of ketones is 1. The summed E-state index contributed by atoms with van der Waals surface area (Å²) in [5, 5.41) is 13.2. The lowest BCUT2D eigenvalue weighted by Gasteiger charge is -2.19. The topological polar surface area (TPSA) is 84.9 Å².